The number of hydrogen-bond acceptors (Lipinski definition) is 5. The highest BCUT2D eigenvalue weighted by molar-refractivity contribution is 5.84. The predicted octanol–water partition coefficient (Wildman–Crippen LogP) is -0.720. The summed E-state index contributed by atoms with van der Waals surface area (Å²) in [5.74, 6) is 0.664. The van der Waals surface area contributed by atoms with E-state index < -0.39 is 0 Å². The molecule has 14 heavy (non-hydrogen) atoms. The zero-order valence-electron chi connectivity index (χ0n) is 7.83. The normalized spacial score (nSPS) is 10.7. The Balaban J connectivity index is 2.96. The molecule has 0 radical (unpaired) electrons. The Kier molecular flexibility index (Phi) is 1.66. The SMILES string of the molecule is CNc1nc(N)nc2[nH]c(=O)n(C)c12. The topological polar surface area (TPSA) is 102 Å². The molecule has 0 saturated heterocycles. The number of hydrogen-bond donors (Lipinski definition) is 3. The molecule has 4 N–H and O–H groups in total. The summed E-state index contributed by atoms with van der Waals surface area (Å²) in [6.45, 7) is 0. The van der Waals surface area contributed by atoms with Crippen molar-refractivity contribution in [2.75, 3.05) is 18.1 Å². The summed E-state index contributed by atoms with van der Waals surface area (Å²) in [7, 11) is 3.35. The van der Waals surface area contributed by atoms with E-state index >= 15 is 0 Å². The fourth-order valence-corrected chi connectivity index (χ4v) is 1.34. The molecular formula is C7H10N6O. The number of nitrogen functional groups attached to an aromatic ring is 1. The Morgan fingerprint density at radius 1 is 1.50 bits per heavy atom. The molecule has 0 aliphatic heterocycles. The number of nitrogens with zero attached hydrogens (tertiary/aromatic N) is 3. The first kappa shape index (κ1) is 8.54. The number of fused-ring (bicyclic) bond motifs is 1. The molecule has 7 nitrogen and oxygen atoms in total. The van der Waals surface area contributed by atoms with E-state index in [2.05, 4.69) is 20.3 Å². The van der Waals surface area contributed by atoms with E-state index in [1.54, 1.807) is 14.1 Å². The van der Waals surface area contributed by atoms with Crippen LogP contribution in [0.3, 0.4) is 0 Å². The Morgan fingerprint density at radius 2 is 2.21 bits per heavy atom. The second kappa shape index (κ2) is 2.72. The number of aromatic amines is 1. The van der Waals surface area contributed by atoms with Crippen molar-refractivity contribution in [2.24, 2.45) is 7.05 Å². The van der Waals surface area contributed by atoms with E-state index in [-0.39, 0.29) is 11.6 Å². The van der Waals surface area contributed by atoms with Gasteiger partial charge in [-0.2, -0.15) is 9.97 Å². The summed E-state index contributed by atoms with van der Waals surface area (Å²) in [4.78, 5) is 21.8. The average Bonchev–Trinajstić information content (AvgIpc) is 2.41. The Morgan fingerprint density at radius 3 is 2.86 bits per heavy atom. The minimum absolute atomic E-state index is 0.128. The molecule has 0 aliphatic carbocycles. The molecule has 2 heterocycles. The summed E-state index contributed by atoms with van der Waals surface area (Å²) >= 11 is 0. The highest BCUT2D eigenvalue weighted by Gasteiger charge is 2.10. The maximum atomic E-state index is 11.3. The number of aromatic nitrogens is 4. The van der Waals surface area contributed by atoms with Gasteiger partial charge in [-0.05, 0) is 0 Å². The van der Waals surface area contributed by atoms with Crippen LogP contribution in [0.5, 0.6) is 0 Å². The van der Waals surface area contributed by atoms with Gasteiger partial charge in [0.15, 0.2) is 11.5 Å². The van der Waals surface area contributed by atoms with Crippen molar-refractivity contribution in [3.05, 3.63) is 10.5 Å². The Bertz CT molecular complexity index is 539. The van der Waals surface area contributed by atoms with Crippen LogP contribution in [0.1, 0.15) is 0 Å². The van der Waals surface area contributed by atoms with Crippen molar-refractivity contribution in [3.63, 3.8) is 0 Å². The number of H-pyrrole nitrogens is 1. The van der Waals surface area contributed by atoms with Crippen LogP contribution in [0.25, 0.3) is 11.2 Å². The molecule has 0 atom stereocenters. The number of anilines is 2. The number of nitrogens with one attached hydrogen (secondary N) is 2. The van der Waals surface area contributed by atoms with Gasteiger partial charge in [0.1, 0.15) is 5.52 Å². The zero-order valence-corrected chi connectivity index (χ0v) is 7.83. The van der Waals surface area contributed by atoms with Crippen molar-refractivity contribution >= 4 is 22.9 Å². The molecular weight excluding hydrogens is 184 g/mol. The van der Waals surface area contributed by atoms with Crippen molar-refractivity contribution < 1.29 is 0 Å². The third-order valence-corrected chi connectivity index (χ3v) is 2.00. The smallest absolute Gasteiger partial charge is 0.327 e. The fraction of sp³-hybridized carbons (Fsp3) is 0.286. The predicted molar refractivity (Wildman–Crippen MR) is 53.1 cm³/mol. The molecule has 0 amide bonds. The second-order valence-corrected chi connectivity index (χ2v) is 2.87. The van der Waals surface area contributed by atoms with E-state index in [0.717, 1.165) is 0 Å². The van der Waals surface area contributed by atoms with E-state index in [0.29, 0.717) is 17.0 Å². The third kappa shape index (κ3) is 1.02. The van der Waals surface area contributed by atoms with E-state index in [1.165, 1.54) is 4.57 Å². The summed E-state index contributed by atoms with van der Waals surface area (Å²) in [5.41, 5.74) is 6.28. The molecule has 0 aliphatic rings. The summed E-state index contributed by atoms with van der Waals surface area (Å²) in [6.07, 6.45) is 0. The second-order valence-electron chi connectivity index (χ2n) is 2.87. The Hall–Kier alpha value is -2.05. The first-order valence-electron chi connectivity index (χ1n) is 4.03. The molecule has 74 valence electrons. The highest BCUT2D eigenvalue weighted by Crippen LogP contribution is 2.16. The number of aryl methyl sites for hydroxylation is 1. The molecule has 2 aromatic heterocycles. The number of nitrogens with two attached hydrogens (primary N) is 1. The summed E-state index contributed by atoms with van der Waals surface area (Å²) in [6, 6.07) is 0. The van der Waals surface area contributed by atoms with Crippen LogP contribution >= 0.6 is 0 Å². The van der Waals surface area contributed by atoms with Gasteiger partial charge in [0.2, 0.25) is 5.95 Å². The van der Waals surface area contributed by atoms with E-state index in [4.69, 9.17) is 5.73 Å². The average molecular weight is 194 g/mol. The van der Waals surface area contributed by atoms with Gasteiger partial charge in [-0.1, -0.05) is 0 Å². The standard InChI is InChI=1S/C7H10N6O/c1-9-4-3-5(11-6(8)10-4)12-7(14)13(3)2/h1-2H3,(H4,8,9,10,11,12,14). The molecule has 7 heteroatoms. The van der Waals surface area contributed by atoms with Crippen molar-refractivity contribution in [2.45, 2.75) is 0 Å². The van der Waals surface area contributed by atoms with Gasteiger partial charge in [0.05, 0.1) is 0 Å². The molecule has 0 unspecified atom stereocenters. The Labute approximate surface area is 79.0 Å². The van der Waals surface area contributed by atoms with Crippen LogP contribution in [-0.2, 0) is 7.05 Å². The van der Waals surface area contributed by atoms with E-state index in [1.807, 2.05) is 0 Å². The van der Waals surface area contributed by atoms with Gasteiger partial charge in [0.25, 0.3) is 0 Å². The van der Waals surface area contributed by atoms with Crippen LogP contribution in [0.2, 0.25) is 0 Å². The summed E-state index contributed by atoms with van der Waals surface area (Å²) in [5, 5.41) is 2.85. The lowest BCUT2D eigenvalue weighted by molar-refractivity contribution is 0.890. The van der Waals surface area contributed by atoms with Gasteiger partial charge in [0, 0.05) is 14.1 Å². The molecule has 0 aromatic carbocycles. The van der Waals surface area contributed by atoms with Crippen LogP contribution in [0.4, 0.5) is 11.8 Å². The van der Waals surface area contributed by atoms with Gasteiger partial charge < -0.3 is 11.1 Å². The maximum Gasteiger partial charge on any atom is 0.327 e. The van der Waals surface area contributed by atoms with Crippen LogP contribution in [-0.4, -0.2) is 26.6 Å². The fourth-order valence-electron chi connectivity index (χ4n) is 1.34. The molecule has 2 aromatic rings. The largest absolute Gasteiger partial charge is 0.371 e. The molecule has 0 fully saturated rings. The van der Waals surface area contributed by atoms with Gasteiger partial charge in [-0.25, -0.2) is 4.79 Å². The lowest BCUT2D eigenvalue weighted by Gasteiger charge is -2.02. The highest BCUT2D eigenvalue weighted by atomic mass is 16.1. The first-order valence-corrected chi connectivity index (χ1v) is 4.03. The maximum absolute atomic E-state index is 11.3. The van der Waals surface area contributed by atoms with Crippen LogP contribution in [0.15, 0.2) is 4.79 Å². The quantitative estimate of drug-likeness (QED) is 0.556. The monoisotopic (exact) mass is 194 g/mol. The van der Waals surface area contributed by atoms with Crippen LogP contribution in [0, 0.1) is 0 Å². The van der Waals surface area contributed by atoms with Crippen LogP contribution < -0.4 is 16.7 Å². The first-order chi connectivity index (χ1) is 6.63. The van der Waals surface area contributed by atoms with Gasteiger partial charge in [-0.15, -0.1) is 0 Å². The molecule has 0 bridgehead atoms. The van der Waals surface area contributed by atoms with Crippen molar-refractivity contribution in [3.8, 4) is 0 Å². The molecule has 0 spiro atoms. The molecule has 0 saturated carbocycles. The zero-order chi connectivity index (χ0) is 10.3. The summed E-state index contributed by atoms with van der Waals surface area (Å²) < 4.78 is 1.43. The molecule has 2 rings (SSSR count). The van der Waals surface area contributed by atoms with Crippen molar-refractivity contribution in [1.82, 2.24) is 19.5 Å². The van der Waals surface area contributed by atoms with Gasteiger partial charge >= 0.3 is 5.69 Å². The van der Waals surface area contributed by atoms with Gasteiger partial charge in [-0.3, -0.25) is 9.55 Å². The van der Waals surface area contributed by atoms with E-state index in [9.17, 15) is 4.79 Å². The third-order valence-electron chi connectivity index (χ3n) is 2.00. The number of rotatable bonds is 1. The minimum atomic E-state index is -0.239. The lowest BCUT2D eigenvalue weighted by atomic mass is 10.5. The minimum Gasteiger partial charge on any atom is -0.371 e. The van der Waals surface area contributed by atoms with Crippen molar-refractivity contribution in [1.29, 1.82) is 0 Å². The number of imidazole rings is 1. The lowest BCUT2D eigenvalue weighted by Crippen LogP contribution is -2.12.